The van der Waals surface area contributed by atoms with Crippen LogP contribution in [-0.4, -0.2) is 28.8 Å². The summed E-state index contributed by atoms with van der Waals surface area (Å²) < 4.78 is 5.02. The molecule has 0 aliphatic rings. The van der Waals surface area contributed by atoms with Gasteiger partial charge in [0.25, 0.3) is 0 Å². The molecule has 84 valence electrons. The standard InChI is InChI=1S/C10H15NO4/c1-2-7(12)5-11-6-9-8(10(13)14)3-4-15-9/h3-4,7,11-12H,2,5-6H2,1H3,(H,13,14). The molecule has 1 heterocycles. The van der Waals surface area contributed by atoms with Crippen molar-refractivity contribution in [3.63, 3.8) is 0 Å². The Morgan fingerprint density at radius 3 is 3.00 bits per heavy atom. The monoisotopic (exact) mass is 213 g/mol. The van der Waals surface area contributed by atoms with Gasteiger partial charge in [-0.1, -0.05) is 6.92 Å². The quantitative estimate of drug-likeness (QED) is 0.652. The van der Waals surface area contributed by atoms with Gasteiger partial charge < -0.3 is 19.9 Å². The van der Waals surface area contributed by atoms with E-state index in [1.807, 2.05) is 6.92 Å². The molecule has 5 heteroatoms. The van der Waals surface area contributed by atoms with Crippen molar-refractivity contribution in [2.45, 2.75) is 26.0 Å². The highest BCUT2D eigenvalue weighted by Gasteiger charge is 2.12. The Bertz CT molecular complexity index is 321. The number of carboxylic acids is 1. The van der Waals surface area contributed by atoms with Gasteiger partial charge in [-0.3, -0.25) is 0 Å². The molecule has 1 aromatic heterocycles. The summed E-state index contributed by atoms with van der Waals surface area (Å²) in [7, 11) is 0. The number of hydrogen-bond acceptors (Lipinski definition) is 4. The first-order valence-corrected chi connectivity index (χ1v) is 4.83. The van der Waals surface area contributed by atoms with E-state index in [-0.39, 0.29) is 5.56 Å². The predicted octanol–water partition coefficient (Wildman–Crippen LogP) is 0.838. The van der Waals surface area contributed by atoms with Gasteiger partial charge in [-0.2, -0.15) is 0 Å². The van der Waals surface area contributed by atoms with Crippen LogP contribution >= 0.6 is 0 Å². The van der Waals surface area contributed by atoms with Crippen LogP contribution in [0.25, 0.3) is 0 Å². The zero-order valence-corrected chi connectivity index (χ0v) is 8.56. The van der Waals surface area contributed by atoms with Gasteiger partial charge in [0.05, 0.1) is 18.9 Å². The predicted molar refractivity (Wildman–Crippen MR) is 53.7 cm³/mol. The minimum atomic E-state index is -1.00. The van der Waals surface area contributed by atoms with E-state index < -0.39 is 12.1 Å². The number of aromatic carboxylic acids is 1. The molecule has 0 spiro atoms. The van der Waals surface area contributed by atoms with Crippen LogP contribution in [0, 0.1) is 0 Å². The van der Waals surface area contributed by atoms with Gasteiger partial charge in [-0.15, -0.1) is 0 Å². The van der Waals surface area contributed by atoms with E-state index in [2.05, 4.69) is 5.32 Å². The SMILES string of the molecule is CCC(O)CNCc1occc1C(=O)O. The Labute approximate surface area is 87.7 Å². The smallest absolute Gasteiger partial charge is 0.339 e. The number of aliphatic hydroxyl groups excluding tert-OH is 1. The average Bonchev–Trinajstić information content (AvgIpc) is 2.65. The van der Waals surface area contributed by atoms with E-state index in [9.17, 15) is 9.90 Å². The fourth-order valence-electron chi connectivity index (χ4n) is 1.16. The fourth-order valence-corrected chi connectivity index (χ4v) is 1.16. The summed E-state index contributed by atoms with van der Waals surface area (Å²) in [5.41, 5.74) is 0.161. The third kappa shape index (κ3) is 3.38. The van der Waals surface area contributed by atoms with Crippen LogP contribution < -0.4 is 5.32 Å². The highest BCUT2D eigenvalue weighted by Crippen LogP contribution is 2.09. The van der Waals surface area contributed by atoms with Crippen LogP contribution in [-0.2, 0) is 6.54 Å². The normalized spacial score (nSPS) is 12.7. The van der Waals surface area contributed by atoms with E-state index in [0.29, 0.717) is 25.3 Å². The molecule has 0 bridgehead atoms. The topological polar surface area (TPSA) is 82.7 Å². The molecule has 15 heavy (non-hydrogen) atoms. The van der Waals surface area contributed by atoms with Crippen LogP contribution in [0.15, 0.2) is 16.7 Å². The second kappa shape index (κ2) is 5.53. The summed E-state index contributed by atoms with van der Waals surface area (Å²) in [4.78, 5) is 10.7. The molecule has 1 atom stereocenters. The van der Waals surface area contributed by atoms with E-state index in [0.717, 1.165) is 0 Å². The first kappa shape index (κ1) is 11.7. The van der Waals surface area contributed by atoms with E-state index >= 15 is 0 Å². The van der Waals surface area contributed by atoms with E-state index in [1.54, 1.807) is 0 Å². The number of carbonyl (C=O) groups is 1. The van der Waals surface area contributed by atoms with Gasteiger partial charge in [0.1, 0.15) is 11.3 Å². The minimum absolute atomic E-state index is 0.161. The van der Waals surface area contributed by atoms with Crippen LogP contribution in [0.1, 0.15) is 29.5 Å². The molecule has 5 nitrogen and oxygen atoms in total. The average molecular weight is 213 g/mol. The van der Waals surface area contributed by atoms with Crippen LogP contribution in [0.2, 0.25) is 0 Å². The van der Waals surface area contributed by atoms with E-state index in [4.69, 9.17) is 9.52 Å². The van der Waals surface area contributed by atoms with Crippen molar-refractivity contribution < 1.29 is 19.4 Å². The molecule has 0 radical (unpaired) electrons. The molecule has 1 rings (SSSR count). The largest absolute Gasteiger partial charge is 0.478 e. The zero-order chi connectivity index (χ0) is 11.3. The van der Waals surface area contributed by atoms with Crippen molar-refractivity contribution in [3.8, 4) is 0 Å². The molecular weight excluding hydrogens is 198 g/mol. The van der Waals surface area contributed by atoms with Crippen molar-refractivity contribution in [1.29, 1.82) is 0 Å². The van der Waals surface area contributed by atoms with Gasteiger partial charge in [-0.25, -0.2) is 4.79 Å². The Morgan fingerprint density at radius 2 is 2.40 bits per heavy atom. The van der Waals surface area contributed by atoms with Crippen LogP contribution in [0.5, 0.6) is 0 Å². The first-order valence-electron chi connectivity index (χ1n) is 4.83. The Kier molecular flexibility index (Phi) is 4.33. The maximum absolute atomic E-state index is 10.7. The summed E-state index contributed by atoms with van der Waals surface area (Å²) >= 11 is 0. The Hall–Kier alpha value is -1.33. The summed E-state index contributed by atoms with van der Waals surface area (Å²) in [5, 5.41) is 21.0. The van der Waals surface area contributed by atoms with Crippen molar-refractivity contribution in [2.75, 3.05) is 6.54 Å². The lowest BCUT2D eigenvalue weighted by Crippen LogP contribution is -2.26. The zero-order valence-electron chi connectivity index (χ0n) is 8.56. The molecular formula is C10H15NO4. The lowest BCUT2D eigenvalue weighted by Gasteiger charge is -2.08. The van der Waals surface area contributed by atoms with Crippen molar-refractivity contribution in [1.82, 2.24) is 5.32 Å². The summed E-state index contributed by atoms with van der Waals surface area (Å²) in [6.45, 7) is 2.61. The second-order valence-electron chi connectivity index (χ2n) is 3.26. The highest BCUT2D eigenvalue weighted by atomic mass is 16.4. The number of hydrogen-bond donors (Lipinski definition) is 3. The van der Waals surface area contributed by atoms with Crippen molar-refractivity contribution in [3.05, 3.63) is 23.7 Å². The van der Waals surface area contributed by atoms with Crippen LogP contribution in [0.3, 0.4) is 0 Å². The van der Waals surface area contributed by atoms with E-state index in [1.165, 1.54) is 12.3 Å². The molecule has 0 aliphatic carbocycles. The molecule has 1 aromatic rings. The van der Waals surface area contributed by atoms with Gasteiger partial charge in [0.15, 0.2) is 0 Å². The highest BCUT2D eigenvalue weighted by molar-refractivity contribution is 5.88. The number of nitrogens with one attached hydrogen (secondary N) is 1. The molecule has 3 N–H and O–H groups in total. The third-order valence-electron chi connectivity index (χ3n) is 2.11. The molecule has 0 aliphatic heterocycles. The number of furan rings is 1. The Balaban J connectivity index is 2.44. The minimum Gasteiger partial charge on any atom is -0.478 e. The van der Waals surface area contributed by atoms with Crippen molar-refractivity contribution >= 4 is 5.97 Å². The first-order chi connectivity index (χ1) is 7.15. The number of aliphatic hydroxyl groups is 1. The summed E-state index contributed by atoms with van der Waals surface area (Å²) in [5.74, 6) is -0.623. The molecule has 0 aromatic carbocycles. The number of carboxylic acid groups (broad SMARTS) is 1. The van der Waals surface area contributed by atoms with Gasteiger partial charge in [-0.05, 0) is 12.5 Å². The Morgan fingerprint density at radius 1 is 1.67 bits per heavy atom. The second-order valence-corrected chi connectivity index (χ2v) is 3.26. The van der Waals surface area contributed by atoms with Gasteiger partial charge in [0, 0.05) is 6.54 Å². The summed E-state index contributed by atoms with van der Waals surface area (Å²) in [6, 6.07) is 1.41. The lowest BCUT2D eigenvalue weighted by molar-refractivity contribution is 0.0694. The maximum Gasteiger partial charge on any atom is 0.339 e. The van der Waals surface area contributed by atoms with Crippen molar-refractivity contribution in [2.24, 2.45) is 0 Å². The molecule has 0 saturated carbocycles. The van der Waals surface area contributed by atoms with Gasteiger partial charge >= 0.3 is 5.97 Å². The molecule has 1 unspecified atom stereocenters. The number of rotatable bonds is 6. The van der Waals surface area contributed by atoms with Gasteiger partial charge in [0.2, 0.25) is 0 Å². The molecule has 0 saturated heterocycles. The fraction of sp³-hybridized carbons (Fsp3) is 0.500. The third-order valence-corrected chi connectivity index (χ3v) is 2.11. The molecule has 0 fully saturated rings. The van der Waals surface area contributed by atoms with Crippen LogP contribution in [0.4, 0.5) is 0 Å². The molecule has 0 amide bonds. The maximum atomic E-state index is 10.7. The lowest BCUT2D eigenvalue weighted by atomic mass is 10.2. The summed E-state index contributed by atoms with van der Waals surface area (Å²) in [6.07, 6.45) is 1.60.